The number of pyridine rings is 1. The fourth-order valence-electron chi connectivity index (χ4n) is 2.71. The minimum Gasteiger partial charge on any atom is -0.303 e. The summed E-state index contributed by atoms with van der Waals surface area (Å²) in [6.45, 7) is 0.536. The van der Waals surface area contributed by atoms with E-state index in [0.717, 1.165) is 12.3 Å². The van der Waals surface area contributed by atoms with E-state index in [2.05, 4.69) is 9.97 Å². The van der Waals surface area contributed by atoms with Crippen molar-refractivity contribution >= 4 is 0 Å². The number of aromatic amines is 1. The quantitative estimate of drug-likeness (QED) is 0.817. The highest BCUT2D eigenvalue weighted by Gasteiger charge is 2.36. The van der Waals surface area contributed by atoms with Crippen LogP contribution in [0.4, 0.5) is 26.3 Å². The first-order valence-corrected chi connectivity index (χ1v) is 7.48. The molecule has 0 aromatic carbocycles. The average molecular weight is 378 g/mol. The summed E-state index contributed by atoms with van der Waals surface area (Å²) in [6.07, 6.45) is -8.04. The normalized spacial score (nSPS) is 15.8. The molecule has 140 valence electrons. The SMILES string of the molecule is O=c1[nH]c(C(F)(F)F)nc2c1CCN(Cc1ccc(C(F)(F)F)nc1)C2. The van der Waals surface area contributed by atoms with Gasteiger partial charge in [-0.1, -0.05) is 6.07 Å². The van der Waals surface area contributed by atoms with Gasteiger partial charge in [-0.2, -0.15) is 26.3 Å². The van der Waals surface area contributed by atoms with Gasteiger partial charge in [0.1, 0.15) is 5.69 Å². The fraction of sp³-hybridized carbons (Fsp3) is 0.400. The van der Waals surface area contributed by atoms with E-state index in [4.69, 9.17) is 0 Å². The molecule has 0 saturated heterocycles. The highest BCUT2D eigenvalue weighted by molar-refractivity contribution is 5.22. The van der Waals surface area contributed by atoms with E-state index in [1.807, 2.05) is 0 Å². The molecule has 0 unspecified atom stereocenters. The second kappa shape index (κ2) is 6.38. The van der Waals surface area contributed by atoms with E-state index < -0.39 is 29.4 Å². The minimum absolute atomic E-state index is 0.0106. The zero-order valence-electron chi connectivity index (χ0n) is 13.1. The summed E-state index contributed by atoms with van der Waals surface area (Å²) in [5, 5.41) is 0. The maximum Gasteiger partial charge on any atom is 0.449 e. The minimum atomic E-state index is -4.77. The zero-order valence-corrected chi connectivity index (χ0v) is 13.1. The lowest BCUT2D eigenvalue weighted by atomic mass is 10.1. The van der Waals surface area contributed by atoms with Gasteiger partial charge in [-0.25, -0.2) is 4.98 Å². The van der Waals surface area contributed by atoms with Gasteiger partial charge in [-0.3, -0.25) is 14.7 Å². The molecule has 3 rings (SSSR count). The Balaban J connectivity index is 1.78. The highest BCUT2D eigenvalue weighted by atomic mass is 19.4. The average Bonchev–Trinajstić information content (AvgIpc) is 2.53. The molecule has 0 spiro atoms. The Bertz CT molecular complexity index is 856. The third-order valence-electron chi connectivity index (χ3n) is 3.94. The van der Waals surface area contributed by atoms with Crippen LogP contribution in [0.15, 0.2) is 23.1 Å². The number of aromatic nitrogens is 3. The molecule has 3 heterocycles. The van der Waals surface area contributed by atoms with Crippen LogP contribution in [0.1, 0.15) is 28.3 Å². The van der Waals surface area contributed by atoms with Crippen molar-refractivity contribution in [2.75, 3.05) is 6.54 Å². The third kappa shape index (κ3) is 3.87. The monoisotopic (exact) mass is 378 g/mol. The molecule has 1 aliphatic heterocycles. The van der Waals surface area contributed by atoms with E-state index in [1.165, 1.54) is 6.07 Å². The lowest BCUT2D eigenvalue weighted by molar-refractivity contribution is -0.145. The number of alkyl halides is 6. The molecule has 0 saturated carbocycles. The Morgan fingerprint density at radius 3 is 2.42 bits per heavy atom. The number of H-pyrrole nitrogens is 1. The zero-order chi connectivity index (χ0) is 19.1. The van der Waals surface area contributed by atoms with Crippen molar-refractivity contribution in [3.8, 4) is 0 Å². The Hall–Kier alpha value is -2.43. The molecular formula is C15H12F6N4O. The first kappa shape index (κ1) is 18.4. The number of hydrogen-bond donors (Lipinski definition) is 1. The van der Waals surface area contributed by atoms with Crippen molar-refractivity contribution in [3.63, 3.8) is 0 Å². The molecule has 1 aliphatic rings. The molecule has 26 heavy (non-hydrogen) atoms. The highest BCUT2D eigenvalue weighted by Crippen LogP contribution is 2.28. The van der Waals surface area contributed by atoms with Gasteiger partial charge < -0.3 is 4.98 Å². The van der Waals surface area contributed by atoms with Crippen molar-refractivity contribution in [3.05, 3.63) is 57.0 Å². The predicted molar refractivity (Wildman–Crippen MR) is 76.9 cm³/mol. The molecule has 1 N–H and O–H groups in total. The summed E-state index contributed by atoms with van der Waals surface area (Å²) < 4.78 is 75.8. The van der Waals surface area contributed by atoms with Crippen molar-refractivity contribution in [2.45, 2.75) is 31.9 Å². The van der Waals surface area contributed by atoms with Crippen LogP contribution in [-0.2, 0) is 31.9 Å². The van der Waals surface area contributed by atoms with Crippen LogP contribution in [0.5, 0.6) is 0 Å². The number of halogens is 6. The van der Waals surface area contributed by atoms with Gasteiger partial charge in [0.15, 0.2) is 0 Å². The van der Waals surface area contributed by atoms with Crippen LogP contribution in [0.2, 0.25) is 0 Å². The van der Waals surface area contributed by atoms with Crippen molar-refractivity contribution in [2.24, 2.45) is 0 Å². The molecule has 11 heteroatoms. The first-order chi connectivity index (χ1) is 12.0. The largest absolute Gasteiger partial charge is 0.449 e. The molecule has 0 aliphatic carbocycles. The topological polar surface area (TPSA) is 61.9 Å². The van der Waals surface area contributed by atoms with E-state index in [-0.39, 0.29) is 30.8 Å². The van der Waals surface area contributed by atoms with E-state index >= 15 is 0 Å². The first-order valence-electron chi connectivity index (χ1n) is 7.48. The standard InChI is InChI=1S/C15H12F6N4O/c16-14(17,18)11-2-1-8(5-22-11)6-25-4-3-9-10(7-25)23-13(15(19,20)21)24-12(9)26/h1-2,5H,3-4,6-7H2,(H,23,24,26). The van der Waals surface area contributed by atoms with Crippen molar-refractivity contribution < 1.29 is 26.3 Å². The van der Waals surface area contributed by atoms with Gasteiger partial charge in [0, 0.05) is 31.4 Å². The number of nitrogens with one attached hydrogen (secondary N) is 1. The molecule has 0 atom stereocenters. The molecule has 0 bridgehead atoms. The lowest BCUT2D eigenvalue weighted by Gasteiger charge is -2.27. The van der Waals surface area contributed by atoms with Crippen LogP contribution < -0.4 is 5.56 Å². The summed E-state index contributed by atoms with van der Waals surface area (Å²) in [6, 6.07) is 2.11. The van der Waals surface area contributed by atoms with Gasteiger partial charge in [0.25, 0.3) is 5.56 Å². The van der Waals surface area contributed by atoms with Crippen molar-refractivity contribution in [1.82, 2.24) is 19.9 Å². The summed E-state index contributed by atoms with van der Waals surface area (Å²) in [4.78, 5) is 22.1. The second-order valence-corrected chi connectivity index (χ2v) is 5.85. The summed E-state index contributed by atoms with van der Waals surface area (Å²) >= 11 is 0. The smallest absolute Gasteiger partial charge is 0.303 e. The Morgan fingerprint density at radius 1 is 1.12 bits per heavy atom. The molecule has 5 nitrogen and oxygen atoms in total. The van der Waals surface area contributed by atoms with Crippen LogP contribution in [-0.4, -0.2) is 26.4 Å². The summed E-state index contributed by atoms with van der Waals surface area (Å²) in [5.41, 5.74) is -1.15. The maximum absolute atomic E-state index is 12.8. The van der Waals surface area contributed by atoms with Gasteiger partial charge >= 0.3 is 12.4 Å². The molecule has 0 amide bonds. The van der Waals surface area contributed by atoms with E-state index in [1.54, 1.807) is 9.88 Å². The van der Waals surface area contributed by atoms with Crippen LogP contribution in [0, 0.1) is 0 Å². The predicted octanol–water partition coefficient (Wildman–Crippen LogP) is 2.76. The fourth-order valence-corrected chi connectivity index (χ4v) is 2.71. The van der Waals surface area contributed by atoms with Crippen LogP contribution in [0.25, 0.3) is 0 Å². The van der Waals surface area contributed by atoms with Gasteiger partial charge in [0.2, 0.25) is 5.82 Å². The third-order valence-corrected chi connectivity index (χ3v) is 3.94. The number of rotatable bonds is 2. The summed E-state index contributed by atoms with van der Waals surface area (Å²) in [7, 11) is 0. The Labute approximate surface area is 142 Å². The van der Waals surface area contributed by atoms with Gasteiger partial charge in [-0.15, -0.1) is 0 Å². The molecule has 0 radical (unpaired) electrons. The molecule has 2 aromatic rings. The maximum atomic E-state index is 12.8. The number of nitrogens with zero attached hydrogens (tertiary/aromatic N) is 3. The Kier molecular flexibility index (Phi) is 4.51. The van der Waals surface area contributed by atoms with Gasteiger partial charge in [-0.05, 0) is 18.1 Å². The molecule has 2 aromatic heterocycles. The second-order valence-electron chi connectivity index (χ2n) is 5.85. The Morgan fingerprint density at radius 2 is 1.85 bits per heavy atom. The van der Waals surface area contributed by atoms with Crippen LogP contribution in [0.3, 0.4) is 0 Å². The van der Waals surface area contributed by atoms with Gasteiger partial charge in [0.05, 0.1) is 5.69 Å². The number of hydrogen-bond acceptors (Lipinski definition) is 4. The van der Waals surface area contributed by atoms with E-state index in [0.29, 0.717) is 12.1 Å². The van der Waals surface area contributed by atoms with Crippen LogP contribution >= 0.6 is 0 Å². The van der Waals surface area contributed by atoms with Crippen molar-refractivity contribution in [1.29, 1.82) is 0 Å². The lowest BCUT2D eigenvalue weighted by Crippen LogP contribution is -2.36. The molecular weight excluding hydrogens is 366 g/mol. The van der Waals surface area contributed by atoms with E-state index in [9.17, 15) is 31.1 Å². The number of fused-ring (bicyclic) bond motifs is 1. The summed E-state index contributed by atoms with van der Waals surface area (Å²) in [5.74, 6) is -1.36. The molecule has 0 fully saturated rings.